The summed E-state index contributed by atoms with van der Waals surface area (Å²) in [5.41, 5.74) is 5.15. The molecule has 1 amide bonds. The number of carbonyl (C=O) groups excluding carboxylic acids is 1. The summed E-state index contributed by atoms with van der Waals surface area (Å²) in [4.78, 5) is 32.0. The Morgan fingerprint density at radius 2 is 1.81 bits per heavy atom. The maximum atomic E-state index is 11.1. The topological polar surface area (TPSA) is 150 Å². The van der Waals surface area contributed by atoms with Crippen molar-refractivity contribution in [2.45, 2.75) is 24.9 Å². The Balaban J connectivity index is 4.28. The fourth-order valence-corrected chi connectivity index (χ4v) is 0.887. The fraction of sp³-hybridized carbons (Fsp3) is 0.625. The second-order valence-electron chi connectivity index (χ2n) is 3.12. The average molecular weight is 234 g/mol. The van der Waals surface area contributed by atoms with Gasteiger partial charge in [-0.15, -0.1) is 0 Å². The zero-order chi connectivity index (χ0) is 12.7. The molecule has 0 spiro atoms. The van der Waals surface area contributed by atoms with Crippen LogP contribution in [0, 0.1) is 0 Å². The molecule has 0 aliphatic rings. The standard InChI is InChI=1S/C8H14N2O6/c9-4(3-11)7(14)10-5(8(15)16)1-2-6(12)13/h4-5,11H,1-3,9H2,(H,10,14)(H,12,13)(H,15,16)/t4-,5+/m1/s1. The van der Waals surface area contributed by atoms with Crippen molar-refractivity contribution in [3.8, 4) is 0 Å². The first-order chi connectivity index (χ1) is 7.38. The average Bonchev–Trinajstić information content (AvgIpc) is 2.21. The van der Waals surface area contributed by atoms with Gasteiger partial charge in [0.05, 0.1) is 6.61 Å². The van der Waals surface area contributed by atoms with Crippen LogP contribution in [0.4, 0.5) is 0 Å². The number of hydrogen-bond donors (Lipinski definition) is 5. The molecule has 0 aliphatic heterocycles. The van der Waals surface area contributed by atoms with Crippen molar-refractivity contribution < 1.29 is 29.7 Å². The molecule has 0 saturated carbocycles. The van der Waals surface area contributed by atoms with Gasteiger partial charge in [-0.25, -0.2) is 4.79 Å². The molecule has 0 aromatic heterocycles. The molecule has 0 aliphatic carbocycles. The van der Waals surface area contributed by atoms with E-state index in [4.69, 9.17) is 21.1 Å². The van der Waals surface area contributed by atoms with Crippen molar-refractivity contribution in [1.82, 2.24) is 5.32 Å². The van der Waals surface area contributed by atoms with E-state index in [-0.39, 0.29) is 12.8 Å². The summed E-state index contributed by atoms with van der Waals surface area (Å²) in [5, 5.41) is 27.6. The van der Waals surface area contributed by atoms with Crippen LogP contribution in [0.25, 0.3) is 0 Å². The molecule has 6 N–H and O–H groups in total. The predicted octanol–water partition coefficient (Wildman–Crippen LogP) is -2.26. The van der Waals surface area contributed by atoms with E-state index in [0.717, 1.165) is 0 Å². The van der Waals surface area contributed by atoms with Gasteiger partial charge in [0.2, 0.25) is 5.91 Å². The van der Waals surface area contributed by atoms with Crippen LogP contribution in [0.3, 0.4) is 0 Å². The molecule has 0 unspecified atom stereocenters. The van der Waals surface area contributed by atoms with E-state index in [1.807, 2.05) is 5.32 Å². The Labute approximate surface area is 91.1 Å². The molecule has 0 bridgehead atoms. The molecule has 0 aromatic carbocycles. The van der Waals surface area contributed by atoms with Gasteiger partial charge < -0.3 is 26.4 Å². The summed E-state index contributed by atoms with van der Waals surface area (Å²) in [6, 6.07) is -2.53. The van der Waals surface area contributed by atoms with Crippen LogP contribution < -0.4 is 11.1 Å². The van der Waals surface area contributed by atoms with Crippen molar-refractivity contribution in [2.24, 2.45) is 5.73 Å². The highest BCUT2D eigenvalue weighted by molar-refractivity contribution is 5.87. The van der Waals surface area contributed by atoms with Crippen molar-refractivity contribution in [2.75, 3.05) is 6.61 Å². The Morgan fingerprint density at radius 3 is 2.19 bits per heavy atom. The van der Waals surface area contributed by atoms with Crippen molar-refractivity contribution in [3.05, 3.63) is 0 Å². The van der Waals surface area contributed by atoms with Gasteiger partial charge in [-0.05, 0) is 6.42 Å². The largest absolute Gasteiger partial charge is 0.481 e. The fourth-order valence-electron chi connectivity index (χ4n) is 0.887. The van der Waals surface area contributed by atoms with E-state index in [2.05, 4.69) is 0 Å². The van der Waals surface area contributed by atoms with Crippen molar-refractivity contribution in [3.63, 3.8) is 0 Å². The molecular formula is C8H14N2O6. The number of carbonyl (C=O) groups is 3. The van der Waals surface area contributed by atoms with Crippen LogP contribution in [-0.4, -0.2) is 51.9 Å². The van der Waals surface area contributed by atoms with Gasteiger partial charge >= 0.3 is 11.9 Å². The van der Waals surface area contributed by atoms with Crippen LogP contribution in [0.1, 0.15) is 12.8 Å². The lowest BCUT2D eigenvalue weighted by Crippen LogP contribution is -2.49. The summed E-state index contributed by atoms with van der Waals surface area (Å²) in [5.74, 6) is -3.34. The van der Waals surface area contributed by atoms with Gasteiger partial charge in [0.15, 0.2) is 0 Å². The number of aliphatic hydroxyl groups excluding tert-OH is 1. The lowest BCUT2D eigenvalue weighted by atomic mass is 10.1. The Kier molecular flexibility index (Phi) is 6.04. The highest BCUT2D eigenvalue weighted by atomic mass is 16.4. The second-order valence-corrected chi connectivity index (χ2v) is 3.12. The second kappa shape index (κ2) is 6.75. The summed E-state index contributed by atoms with van der Waals surface area (Å²) in [6.45, 7) is -0.614. The number of nitrogens with two attached hydrogens (primary N) is 1. The van der Waals surface area contributed by atoms with E-state index < -0.39 is 36.5 Å². The smallest absolute Gasteiger partial charge is 0.326 e. The lowest BCUT2D eigenvalue weighted by Gasteiger charge is -2.15. The molecule has 0 rings (SSSR count). The molecule has 8 heteroatoms. The maximum absolute atomic E-state index is 11.1. The van der Waals surface area contributed by atoms with E-state index in [0.29, 0.717) is 0 Å². The normalized spacial score (nSPS) is 13.9. The van der Waals surface area contributed by atoms with Gasteiger partial charge in [0.1, 0.15) is 12.1 Å². The minimum absolute atomic E-state index is 0.242. The molecule has 0 heterocycles. The number of carboxylic acids is 2. The van der Waals surface area contributed by atoms with Crippen molar-refractivity contribution in [1.29, 1.82) is 0 Å². The third-order valence-corrected chi connectivity index (χ3v) is 1.79. The van der Waals surface area contributed by atoms with Gasteiger partial charge in [-0.3, -0.25) is 9.59 Å². The molecule has 0 fully saturated rings. The minimum Gasteiger partial charge on any atom is -0.481 e. The molecule has 16 heavy (non-hydrogen) atoms. The van der Waals surface area contributed by atoms with Crippen LogP contribution >= 0.6 is 0 Å². The first-order valence-electron chi connectivity index (χ1n) is 4.50. The van der Waals surface area contributed by atoms with Crippen LogP contribution in [0.2, 0.25) is 0 Å². The predicted molar refractivity (Wildman–Crippen MR) is 51.5 cm³/mol. The quantitative estimate of drug-likeness (QED) is 0.333. The van der Waals surface area contributed by atoms with Gasteiger partial charge in [0.25, 0.3) is 0 Å². The summed E-state index contributed by atoms with van der Waals surface area (Å²) >= 11 is 0. The van der Waals surface area contributed by atoms with E-state index in [9.17, 15) is 14.4 Å². The molecular weight excluding hydrogens is 220 g/mol. The maximum Gasteiger partial charge on any atom is 0.326 e. The number of carboxylic acid groups (broad SMARTS) is 2. The van der Waals surface area contributed by atoms with E-state index in [1.165, 1.54) is 0 Å². The summed E-state index contributed by atoms with van der Waals surface area (Å²) < 4.78 is 0. The van der Waals surface area contributed by atoms with Gasteiger partial charge in [0, 0.05) is 6.42 Å². The highest BCUT2D eigenvalue weighted by Crippen LogP contribution is 1.98. The number of hydrogen-bond acceptors (Lipinski definition) is 5. The number of rotatable bonds is 7. The first-order valence-corrected chi connectivity index (χ1v) is 4.50. The zero-order valence-corrected chi connectivity index (χ0v) is 8.42. The lowest BCUT2D eigenvalue weighted by molar-refractivity contribution is -0.143. The molecule has 92 valence electrons. The van der Waals surface area contributed by atoms with Gasteiger partial charge in [-0.1, -0.05) is 0 Å². The summed E-state index contributed by atoms with van der Waals surface area (Å²) in [7, 11) is 0. The highest BCUT2D eigenvalue weighted by Gasteiger charge is 2.23. The molecule has 8 nitrogen and oxygen atoms in total. The minimum atomic E-state index is -1.35. The van der Waals surface area contributed by atoms with Crippen LogP contribution in [-0.2, 0) is 14.4 Å². The van der Waals surface area contributed by atoms with Crippen LogP contribution in [0.5, 0.6) is 0 Å². The number of aliphatic carboxylic acids is 2. The SMILES string of the molecule is N[C@H](CO)C(=O)N[C@@H](CCC(=O)O)C(=O)O. The number of nitrogens with one attached hydrogen (secondary N) is 1. The number of amides is 1. The monoisotopic (exact) mass is 234 g/mol. The zero-order valence-electron chi connectivity index (χ0n) is 8.42. The molecule has 0 saturated heterocycles. The van der Waals surface area contributed by atoms with Crippen molar-refractivity contribution >= 4 is 17.8 Å². The first kappa shape index (κ1) is 14.3. The Hall–Kier alpha value is -1.67. The molecule has 2 atom stereocenters. The summed E-state index contributed by atoms with van der Waals surface area (Å²) in [6.07, 6.45) is -0.625. The Morgan fingerprint density at radius 1 is 1.25 bits per heavy atom. The van der Waals surface area contributed by atoms with Gasteiger partial charge in [-0.2, -0.15) is 0 Å². The number of aliphatic hydroxyl groups is 1. The third kappa shape index (κ3) is 5.27. The molecule has 0 aromatic rings. The van der Waals surface area contributed by atoms with E-state index >= 15 is 0 Å². The van der Waals surface area contributed by atoms with E-state index in [1.54, 1.807) is 0 Å². The van der Waals surface area contributed by atoms with Crippen LogP contribution in [0.15, 0.2) is 0 Å². The molecule has 0 radical (unpaired) electrons. The Bertz CT molecular complexity index is 280. The third-order valence-electron chi connectivity index (χ3n) is 1.79.